The molecule has 25 heavy (non-hydrogen) atoms. The molecular formula is C17H23ClN4O3. The maximum absolute atomic E-state index is 11.9. The Balaban J connectivity index is 1.91. The minimum atomic E-state index is -0.190. The van der Waals surface area contributed by atoms with Crippen LogP contribution in [0.4, 0.5) is 0 Å². The van der Waals surface area contributed by atoms with E-state index in [9.17, 15) is 4.79 Å². The van der Waals surface area contributed by atoms with E-state index in [1.165, 1.54) is 0 Å². The number of hydrogen-bond acceptors (Lipinski definition) is 6. The average molecular weight is 367 g/mol. The Labute approximate surface area is 152 Å². The smallest absolute Gasteiger partial charge is 0.247 e. The van der Waals surface area contributed by atoms with Crippen molar-refractivity contribution in [1.82, 2.24) is 20.4 Å². The van der Waals surface area contributed by atoms with Crippen molar-refractivity contribution in [3.63, 3.8) is 0 Å². The molecule has 0 aliphatic carbocycles. The third kappa shape index (κ3) is 5.81. The van der Waals surface area contributed by atoms with E-state index in [2.05, 4.69) is 15.5 Å². The van der Waals surface area contributed by atoms with Crippen LogP contribution in [0.1, 0.15) is 25.3 Å². The van der Waals surface area contributed by atoms with Gasteiger partial charge >= 0.3 is 0 Å². The predicted molar refractivity (Wildman–Crippen MR) is 95.3 cm³/mol. The van der Waals surface area contributed by atoms with Gasteiger partial charge in [0.15, 0.2) is 0 Å². The molecule has 1 aromatic carbocycles. The van der Waals surface area contributed by atoms with E-state index in [-0.39, 0.29) is 18.5 Å². The van der Waals surface area contributed by atoms with E-state index in [0.717, 1.165) is 12.0 Å². The van der Waals surface area contributed by atoms with Crippen LogP contribution in [-0.2, 0) is 9.53 Å². The molecule has 0 aliphatic rings. The molecule has 1 atom stereocenters. The van der Waals surface area contributed by atoms with Crippen molar-refractivity contribution in [3.05, 3.63) is 35.2 Å². The van der Waals surface area contributed by atoms with Gasteiger partial charge in [-0.05, 0) is 38.6 Å². The highest BCUT2D eigenvalue weighted by atomic mass is 35.5. The van der Waals surface area contributed by atoms with Gasteiger partial charge in [-0.1, -0.05) is 17.7 Å². The maximum atomic E-state index is 11.9. The highest BCUT2D eigenvalue weighted by molar-refractivity contribution is 6.30. The number of carbonyl (C=O) groups excluding carboxylic acids is 1. The molecule has 0 aliphatic heterocycles. The lowest BCUT2D eigenvalue weighted by Crippen LogP contribution is -2.37. The standard InChI is InChI=1S/C17H23ClN4O3/c1-12(22(2)11-15(23)19-8-5-9-24-3)16-20-21-17(25-16)13-6-4-7-14(18)10-13/h4,6-7,10,12H,5,8-9,11H2,1-3H3,(H,19,23). The van der Waals surface area contributed by atoms with Crippen LogP contribution in [0, 0.1) is 0 Å². The zero-order valence-corrected chi connectivity index (χ0v) is 15.4. The molecular weight excluding hydrogens is 344 g/mol. The Kier molecular flexibility index (Phi) is 7.36. The highest BCUT2D eigenvalue weighted by Crippen LogP contribution is 2.24. The van der Waals surface area contributed by atoms with Crippen molar-refractivity contribution in [2.24, 2.45) is 0 Å². The van der Waals surface area contributed by atoms with Crippen molar-refractivity contribution in [2.75, 3.05) is 33.9 Å². The highest BCUT2D eigenvalue weighted by Gasteiger charge is 2.21. The van der Waals surface area contributed by atoms with Crippen molar-refractivity contribution in [1.29, 1.82) is 0 Å². The number of methoxy groups -OCH3 is 1. The molecule has 136 valence electrons. The summed E-state index contributed by atoms with van der Waals surface area (Å²) >= 11 is 5.98. The fourth-order valence-electron chi connectivity index (χ4n) is 2.19. The Morgan fingerprint density at radius 1 is 1.44 bits per heavy atom. The van der Waals surface area contributed by atoms with Crippen LogP contribution in [0.5, 0.6) is 0 Å². The first-order valence-electron chi connectivity index (χ1n) is 8.06. The second-order valence-electron chi connectivity index (χ2n) is 5.74. The number of benzene rings is 1. The lowest BCUT2D eigenvalue weighted by atomic mass is 10.2. The summed E-state index contributed by atoms with van der Waals surface area (Å²) in [4.78, 5) is 13.8. The Bertz CT molecular complexity index is 692. The molecule has 0 spiro atoms. The van der Waals surface area contributed by atoms with Crippen LogP contribution in [0.25, 0.3) is 11.5 Å². The molecule has 1 N–H and O–H groups in total. The third-order valence-corrected chi connectivity index (χ3v) is 4.01. The molecule has 0 saturated carbocycles. The topological polar surface area (TPSA) is 80.5 Å². The van der Waals surface area contributed by atoms with Crippen molar-refractivity contribution >= 4 is 17.5 Å². The number of nitrogens with zero attached hydrogens (tertiary/aromatic N) is 3. The predicted octanol–water partition coefficient (Wildman–Crippen LogP) is 2.54. The van der Waals surface area contributed by atoms with E-state index in [1.54, 1.807) is 19.2 Å². The summed E-state index contributed by atoms with van der Waals surface area (Å²) in [7, 11) is 3.47. The number of amides is 1. The summed E-state index contributed by atoms with van der Waals surface area (Å²) in [5, 5.41) is 11.6. The van der Waals surface area contributed by atoms with Gasteiger partial charge in [-0.3, -0.25) is 9.69 Å². The largest absolute Gasteiger partial charge is 0.419 e. The molecule has 0 radical (unpaired) electrons. The number of rotatable bonds is 9. The Hall–Kier alpha value is -1.96. The number of halogens is 1. The van der Waals surface area contributed by atoms with Crippen LogP contribution in [-0.4, -0.2) is 54.9 Å². The Morgan fingerprint density at radius 2 is 2.24 bits per heavy atom. The molecule has 1 unspecified atom stereocenters. The zero-order valence-electron chi connectivity index (χ0n) is 14.7. The molecule has 1 aromatic heterocycles. The molecule has 1 heterocycles. The molecule has 8 heteroatoms. The second-order valence-corrected chi connectivity index (χ2v) is 6.18. The molecule has 2 aromatic rings. The fraction of sp³-hybridized carbons (Fsp3) is 0.471. The summed E-state index contributed by atoms with van der Waals surface area (Å²) < 4.78 is 10.7. The summed E-state index contributed by atoms with van der Waals surface area (Å²) in [6, 6.07) is 7.03. The van der Waals surface area contributed by atoms with Crippen molar-refractivity contribution in [3.8, 4) is 11.5 Å². The summed E-state index contributed by atoms with van der Waals surface area (Å²) in [5.41, 5.74) is 0.761. The fourth-order valence-corrected chi connectivity index (χ4v) is 2.38. The van der Waals surface area contributed by atoms with Gasteiger partial charge in [-0.25, -0.2) is 0 Å². The van der Waals surface area contributed by atoms with Gasteiger partial charge in [0.25, 0.3) is 0 Å². The summed E-state index contributed by atoms with van der Waals surface area (Å²) in [6.45, 7) is 3.37. The van der Waals surface area contributed by atoms with E-state index in [1.807, 2.05) is 31.0 Å². The monoisotopic (exact) mass is 366 g/mol. The minimum Gasteiger partial charge on any atom is -0.419 e. The number of nitrogens with one attached hydrogen (secondary N) is 1. The molecule has 0 saturated heterocycles. The Morgan fingerprint density at radius 3 is 2.96 bits per heavy atom. The maximum Gasteiger partial charge on any atom is 0.247 e. The van der Waals surface area contributed by atoms with E-state index in [4.69, 9.17) is 20.8 Å². The lowest BCUT2D eigenvalue weighted by molar-refractivity contribution is -0.122. The first-order chi connectivity index (χ1) is 12.0. The normalized spacial score (nSPS) is 12.4. The van der Waals surface area contributed by atoms with Crippen LogP contribution in [0.15, 0.2) is 28.7 Å². The quantitative estimate of drug-likeness (QED) is 0.687. The van der Waals surface area contributed by atoms with Crippen molar-refractivity contribution in [2.45, 2.75) is 19.4 Å². The van der Waals surface area contributed by atoms with Crippen molar-refractivity contribution < 1.29 is 13.9 Å². The van der Waals surface area contributed by atoms with Gasteiger partial charge in [0.05, 0.1) is 12.6 Å². The summed E-state index contributed by atoms with van der Waals surface area (Å²) in [5.74, 6) is 0.798. The van der Waals surface area contributed by atoms with E-state index < -0.39 is 0 Å². The number of hydrogen-bond donors (Lipinski definition) is 1. The number of ether oxygens (including phenoxy) is 1. The van der Waals surface area contributed by atoms with Crippen LogP contribution in [0.3, 0.4) is 0 Å². The molecule has 2 rings (SSSR count). The zero-order chi connectivity index (χ0) is 18.2. The molecule has 0 bridgehead atoms. The number of aromatic nitrogens is 2. The van der Waals surface area contributed by atoms with Crippen LogP contribution < -0.4 is 5.32 Å². The first-order valence-corrected chi connectivity index (χ1v) is 8.44. The van der Waals surface area contributed by atoms with Gasteiger partial charge in [-0.15, -0.1) is 10.2 Å². The third-order valence-electron chi connectivity index (χ3n) is 3.77. The number of likely N-dealkylation sites (N-methyl/N-ethyl adjacent to an activating group) is 1. The summed E-state index contributed by atoms with van der Waals surface area (Å²) in [6.07, 6.45) is 0.786. The molecule has 0 fully saturated rings. The lowest BCUT2D eigenvalue weighted by Gasteiger charge is -2.21. The molecule has 7 nitrogen and oxygen atoms in total. The second kappa shape index (κ2) is 9.50. The molecule has 1 amide bonds. The minimum absolute atomic E-state index is 0.0555. The van der Waals surface area contributed by atoms with Gasteiger partial charge in [-0.2, -0.15) is 0 Å². The average Bonchev–Trinajstić information content (AvgIpc) is 3.08. The number of carbonyl (C=O) groups is 1. The SMILES string of the molecule is COCCCNC(=O)CN(C)C(C)c1nnc(-c2cccc(Cl)c2)o1. The van der Waals surface area contributed by atoms with Gasteiger partial charge in [0, 0.05) is 30.8 Å². The van der Waals surface area contributed by atoms with E-state index in [0.29, 0.717) is 30.0 Å². The first kappa shape index (κ1) is 19.4. The van der Waals surface area contributed by atoms with E-state index >= 15 is 0 Å². The van der Waals surface area contributed by atoms with Gasteiger partial charge in [0.2, 0.25) is 17.7 Å². The van der Waals surface area contributed by atoms with Gasteiger partial charge < -0.3 is 14.5 Å². The van der Waals surface area contributed by atoms with Crippen LogP contribution in [0.2, 0.25) is 5.02 Å². The van der Waals surface area contributed by atoms with Crippen LogP contribution >= 0.6 is 11.6 Å². The van der Waals surface area contributed by atoms with Gasteiger partial charge in [0.1, 0.15) is 0 Å².